The number of nitrogens with zero attached hydrogens (tertiary/aromatic N) is 1. The molecule has 4 aromatic rings. The smallest absolute Gasteiger partial charge is 0.122 e. The van der Waals surface area contributed by atoms with Gasteiger partial charge in [0.1, 0.15) is 11.7 Å². The number of hydrogen-bond acceptors (Lipinski definition) is 3. The largest absolute Gasteiger partial charge is 0.384 e. The molecular weight excluding hydrogens is 372 g/mol. The van der Waals surface area contributed by atoms with Crippen molar-refractivity contribution in [2.45, 2.75) is 6.42 Å². The Morgan fingerprint density at radius 1 is 0.833 bits per heavy atom. The molecule has 0 saturated heterocycles. The third-order valence-corrected chi connectivity index (χ3v) is 5.53. The van der Waals surface area contributed by atoms with Crippen molar-refractivity contribution in [2.24, 2.45) is 16.5 Å². The van der Waals surface area contributed by atoms with Gasteiger partial charge < -0.3 is 16.5 Å². The van der Waals surface area contributed by atoms with Crippen molar-refractivity contribution in [3.05, 3.63) is 89.1 Å². The minimum absolute atomic E-state index is 0.0664. The van der Waals surface area contributed by atoms with E-state index in [9.17, 15) is 0 Å². The van der Waals surface area contributed by atoms with Crippen molar-refractivity contribution >= 4 is 34.0 Å². The van der Waals surface area contributed by atoms with Gasteiger partial charge in [-0.15, -0.1) is 0 Å². The Labute approximate surface area is 173 Å². The van der Waals surface area contributed by atoms with Crippen LogP contribution >= 0.6 is 0 Å². The molecule has 0 unspecified atom stereocenters. The lowest BCUT2D eigenvalue weighted by atomic mass is 9.98. The number of nitrogens with two attached hydrogens (primary N) is 2. The van der Waals surface area contributed by atoms with Gasteiger partial charge in [-0.1, -0.05) is 30.3 Å². The summed E-state index contributed by atoms with van der Waals surface area (Å²) in [4.78, 5) is 8.17. The topological polar surface area (TPSA) is 128 Å². The maximum Gasteiger partial charge on any atom is 0.122 e. The van der Waals surface area contributed by atoms with Crippen LogP contribution in [-0.4, -0.2) is 22.4 Å². The van der Waals surface area contributed by atoms with Gasteiger partial charge in [-0.05, 0) is 47.0 Å². The van der Waals surface area contributed by atoms with Gasteiger partial charge in [0, 0.05) is 40.2 Å². The molecule has 1 aliphatic heterocycles. The Balaban J connectivity index is 1.52. The number of aliphatic imine (C=N–C) groups is 1. The first-order chi connectivity index (χ1) is 14.5. The highest BCUT2D eigenvalue weighted by molar-refractivity contribution is 6.15. The lowest BCUT2D eigenvalue weighted by molar-refractivity contribution is 1.36. The van der Waals surface area contributed by atoms with Gasteiger partial charge in [0.05, 0.1) is 11.4 Å². The molecule has 1 aromatic heterocycles. The molecule has 0 spiro atoms. The summed E-state index contributed by atoms with van der Waals surface area (Å²) < 4.78 is 0. The van der Waals surface area contributed by atoms with E-state index in [4.69, 9.17) is 27.3 Å². The van der Waals surface area contributed by atoms with Crippen molar-refractivity contribution in [3.63, 3.8) is 0 Å². The number of rotatable bonds is 4. The Hall–Kier alpha value is -4.19. The molecule has 2 heterocycles. The Bertz CT molecular complexity index is 1360. The molecule has 0 aliphatic carbocycles. The van der Waals surface area contributed by atoms with Gasteiger partial charge in [-0.2, -0.15) is 0 Å². The zero-order chi connectivity index (χ0) is 20.8. The molecule has 0 radical (unpaired) electrons. The fraction of sp³-hybridized carbons (Fsp3) is 0.0417. The molecule has 30 heavy (non-hydrogen) atoms. The number of fused-ring (bicyclic) bond motifs is 2. The van der Waals surface area contributed by atoms with E-state index < -0.39 is 0 Å². The van der Waals surface area contributed by atoms with Gasteiger partial charge in [-0.3, -0.25) is 15.8 Å². The van der Waals surface area contributed by atoms with E-state index >= 15 is 0 Å². The maximum absolute atomic E-state index is 7.65. The fourth-order valence-corrected chi connectivity index (χ4v) is 3.91. The van der Waals surface area contributed by atoms with Crippen LogP contribution in [0.4, 0.5) is 5.69 Å². The molecule has 7 N–H and O–H groups in total. The number of nitrogens with one attached hydrogen (secondary N) is 3. The molecule has 6 nitrogen and oxygen atoms in total. The molecule has 0 fully saturated rings. The van der Waals surface area contributed by atoms with Crippen LogP contribution in [0.2, 0.25) is 0 Å². The molecule has 0 saturated carbocycles. The van der Waals surface area contributed by atoms with Gasteiger partial charge in [0.25, 0.3) is 0 Å². The quantitative estimate of drug-likeness (QED) is 0.265. The minimum Gasteiger partial charge on any atom is -0.384 e. The van der Waals surface area contributed by atoms with Crippen molar-refractivity contribution in [1.29, 1.82) is 10.8 Å². The fourth-order valence-electron chi connectivity index (χ4n) is 3.91. The molecule has 0 atom stereocenters. The van der Waals surface area contributed by atoms with Crippen LogP contribution < -0.4 is 11.5 Å². The molecule has 1 aliphatic rings. The van der Waals surface area contributed by atoms with Gasteiger partial charge >= 0.3 is 0 Å². The third kappa shape index (κ3) is 2.95. The lowest BCUT2D eigenvalue weighted by Gasteiger charge is -2.05. The first-order valence-electron chi connectivity index (χ1n) is 9.61. The van der Waals surface area contributed by atoms with Crippen LogP contribution in [0, 0.1) is 10.8 Å². The standard InChI is InChI=1S/C24H20N6/c25-23(26)14-3-1-13(2-4-14)15-5-8-21-18(10-15)19(12-29-21)22-11-17-9-16(24(27)28)6-7-20(17)30-22/h1-10,12,29H,11H2,(H3,25,26)(H3,27,28). The molecule has 6 heteroatoms. The highest BCUT2D eigenvalue weighted by Crippen LogP contribution is 2.33. The number of benzene rings is 3. The first-order valence-corrected chi connectivity index (χ1v) is 9.61. The van der Waals surface area contributed by atoms with Crippen LogP contribution in [0.1, 0.15) is 22.3 Å². The van der Waals surface area contributed by atoms with Crippen molar-refractivity contribution in [2.75, 3.05) is 0 Å². The van der Waals surface area contributed by atoms with Gasteiger partial charge in [-0.25, -0.2) is 0 Å². The van der Waals surface area contributed by atoms with Crippen LogP contribution in [-0.2, 0) is 6.42 Å². The zero-order valence-electron chi connectivity index (χ0n) is 16.2. The lowest BCUT2D eigenvalue weighted by Crippen LogP contribution is -2.11. The summed E-state index contributed by atoms with van der Waals surface area (Å²) in [6, 6.07) is 19.7. The highest BCUT2D eigenvalue weighted by Gasteiger charge is 2.20. The Morgan fingerprint density at radius 2 is 1.53 bits per heavy atom. The summed E-state index contributed by atoms with van der Waals surface area (Å²) in [5.74, 6) is 0.135. The average molecular weight is 392 g/mol. The SMILES string of the molecule is N=C(N)c1ccc(-c2ccc3[nH]cc(C4=Nc5ccc(C(=N)N)cc5C4)c3c2)cc1. The van der Waals surface area contributed by atoms with Crippen molar-refractivity contribution in [1.82, 2.24) is 4.98 Å². The summed E-state index contributed by atoms with van der Waals surface area (Å²) in [6.07, 6.45) is 2.71. The normalized spacial score (nSPS) is 12.6. The number of aromatic amines is 1. The number of H-pyrrole nitrogens is 1. The van der Waals surface area contributed by atoms with E-state index in [-0.39, 0.29) is 11.7 Å². The number of aromatic nitrogens is 1. The summed E-state index contributed by atoms with van der Waals surface area (Å²) in [5.41, 5.74) is 19.9. The molecule has 3 aromatic carbocycles. The minimum atomic E-state index is 0.0664. The van der Waals surface area contributed by atoms with Gasteiger partial charge in [0.15, 0.2) is 0 Å². The molecule has 0 amide bonds. The summed E-state index contributed by atoms with van der Waals surface area (Å²) >= 11 is 0. The zero-order valence-corrected chi connectivity index (χ0v) is 16.2. The van der Waals surface area contributed by atoms with Crippen LogP contribution in [0.15, 0.2) is 71.9 Å². The van der Waals surface area contributed by atoms with Crippen molar-refractivity contribution in [3.8, 4) is 11.1 Å². The monoisotopic (exact) mass is 392 g/mol. The van der Waals surface area contributed by atoms with E-state index in [1.807, 2.05) is 48.7 Å². The first kappa shape index (κ1) is 17.9. The third-order valence-electron chi connectivity index (χ3n) is 5.53. The second-order valence-corrected chi connectivity index (χ2v) is 7.45. The number of nitrogen functional groups attached to an aromatic ring is 2. The Kier molecular flexibility index (Phi) is 3.99. The number of amidine groups is 2. The molecule has 0 bridgehead atoms. The summed E-state index contributed by atoms with van der Waals surface area (Å²) in [5, 5.41) is 16.3. The number of hydrogen-bond donors (Lipinski definition) is 5. The van der Waals surface area contributed by atoms with E-state index in [1.165, 1.54) is 0 Å². The maximum atomic E-state index is 7.65. The van der Waals surface area contributed by atoms with E-state index in [0.717, 1.165) is 50.1 Å². The van der Waals surface area contributed by atoms with E-state index in [0.29, 0.717) is 12.0 Å². The second kappa shape index (κ2) is 6.70. The Morgan fingerprint density at radius 3 is 2.27 bits per heavy atom. The van der Waals surface area contributed by atoms with Gasteiger partial charge in [0.2, 0.25) is 0 Å². The summed E-state index contributed by atoms with van der Waals surface area (Å²) in [7, 11) is 0. The molecule has 146 valence electrons. The van der Waals surface area contributed by atoms with E-state index in [2.05, 4.69) is 23.2 Å². The van der Waals surface area contributed by atoms with Crippen molar-refractivity contribution < 1.29 is 0 Å². The van der Waals surface area contributed by atoms with Crippen LogP contribution in [0.5, 0.6) is 0 Å². The summed E-state index contributed by atoms with van der Waals surface area (Å²) in [6.45, 7) is 0. The average Bonchev–Trinajstić information content (AvgIpc) is 3.36. The highest BCUT2D eigenvalue weighted by atomic mass is 14.8. The predicted molar refractivity (Wildman–Crippen MR) is 122 cm³/mol. The predicted octanol–water partition coefficient (Wildman–Crippen LogP) is 4.08. The van der Waals surface area contributed by atoms with E-state index in [1.54, 1.807) is 0 Å². The molecular formula is C24H20N6. The second-order valence-electron chi connectivity index (χ2n) is 7.45. The molecule has 5 rings (SSSR count). The van der Waals surface area contributed by atoms with Crippen LogP contribution in [0.25, 0.3) is 22.0 Å². The van der Waals surface area contributed by atoms with Crippen LogP contribution in [0.3, 0.4) is 0 Å².